The van der Waals surface area contributed by atoms with Crippen LogP contribution < -0.4 is 10.4 Å². The van der Waals surface area contributed by atoms with E-state index in [0.29, 0.717) is 30.8 Å². The maximum absolute atomic E-state index is 12.8. The Balaban J connectivity index is 1.46. The third-order valence-corrected chi connectivity index (χ3v) is 6.85. The highest BCUT2D eigenvalue weighted by Crippen LogP contribution is 2.39. The maximum Gasteiger partial charge on any atom is 0.336 e. The SMILES string of the molecule is CCCc1cc(=O)oc2c(C)c(OCC(=O)N3CC[C@@]4(O)CCCC[C@@H]4C3)ccc12. The molecule has 1 aliphatic heterocycles. The Labute approximate surface area is 176 Å². The molecule has 1 saturated heterocycles. The Kier molecular flexibility index (Phi) is 5.87. The van der Waals surface area contributed by atoms with Crippen LogP contribution in [0.25, 0.3) is 11.0 Å². The first-order valence-electron chi connectivity index (χ1n) is 11.1. The van der Waals surface area contributed by atoms with Crippen molar-refractivity contribution in [2.75, 3.05) is 19.7 Å². The van der Waals surface area contributed by atoms with Gasteiger partial charge in [-0.05, 0) is 50.3 Å². The summed E-state index contributed by atoms with van der Waals surface area (Å²) in [5.41, 5.74) is 1.27. The molecule has 2 atom stereocenters. The van der Waals surface area contributed by atoms with Gasteiger partial charge in [-0.2, -0.15) is 0 Å². The van der Waals surface area contributed by atoms with Crippen LogP contribution in [0.3, 0.4) is 0 Å². The Bertz CT molecular complexity index is 997. The molecule has 1 N–H and O–H groups in total. The van der Waals surface area contributed by atoms with Crippen molar-refractivity contribution in [2.45, 2.75) is 64.4 Å². The summed E-state index contributed by atoms with van der Waals surface area (Å²) in [6.07, 6.45) is 6.40. The van der Waals surface area contributed by atoms with Gasteiger partial charge >= 0.3 is 5.63 Å². The number of hydrogen-bond donors (Lipinski definition) is 1. The smallest absolute Gasteiger partial charge is 0.336 e. The summed E-state index contributed by atoms with van der Waals surface area (Å²) in [5, 5.41) is 11.7. The number of hydrogen-bond acceptors (Lipinski definition) is 5. The molecule has 30 heavy (non-hydrogen) atoms. The Morgan fingerprint density at radius 3 is 2.97 bits per heavy atom. The molecule has 4 rings (SSSR count). The minimum absolute atomic E-state index is 0.0591. The lowest BCUT2D eigenvalue weighted by Crippen LogP contribution is -2.55. The van der Waals surface area contributed by atoms with Gasteiger partial charge in [0.25, 0.3) is 5.91 Å². The molecule has 6 nitrogen and oxygen atoms in total. The molecule has 0 unspecified atom stereocenters. The molecule has 0 spiro atoms. The van der Waals surface area contributed by atoms with E-state index in [1.165, 1.54) is 0 Å². The lowest BCUT2D eigenvalue weighted by Gasteiger charge is -2.47. The molecule has 2 heterocycles. The van der Waals surface area contributed by atoms with E-state index in [-0.39, 0.29) is 24.1 Å². The standard InChI is InChI=1S/C24H31NO5/c1-3-6-17-13-22(27)30-23-16(2)20(9-8-19(17)23)29-15-21(26)25-12-11-24(28)10-5-4-7-18(24)14-25/h8-9,13,18,28H,3-7,10-12,14-15H2,1-2H3/t18-,24+/m1/s1. The monoisotopic (exact) mass is 413 g/mol. The van der Waals surface area contributed by atoms with E-state index in [9.17, 15) is 14.7 Å². The van der Waals surface area contributed by atoms with Crippen molar-refractivity contribution in [3.63, 3.8) is 0 Å². The zero-order chi connectivity index (χ0) is 21.3. The molecule has 1 saturated carbocycles. The number of fused-ring (bicyclic) bond motifs is 2. The number of ether oxygens (including phenoxy) is 1. The van der Waals surface area contributed by atoms with Gasteiger partial charge in [0, 0.05) is 36.0 Å². The number of carbonyl (C=O) groups excluding carboxylic acids is 1. The highest BCUT2D eigenvalue weighted by atomic mass is 16.5. The number of amides is 1. The lowest BCUT2D eigenvalue weighted by atomic mass is 9.71. The molecule has 1 amide bonds. The van der Waals surface area contributed by atoms with Crippen LogP contribution in [0.4, 0.5) is 0 Å². The summed E-state index contributed by atoms with van der Waals surface area (Å²) in [4.78, 5) is 26.6. The van der Waals surface area contributed by atoms with Crippen LogP contribution in [-0.4, -0.2) is 41.2 Å². The predicted octanol–water partition coefficient (Wildman–Crippen LogP) is 3.59. The number of nitrogens with zero attached hydrogens (tertiary/aromatic N) is 1. The Morgan fingerprint density at radius 1 is 1.33 bits per heavy atom. The van der Waals surface area contributed by atoms with Crippen LogP contribution in [0.15, 0.2) is 27.4 Å². The highest BCUT2D eigenvalue weighted by molar-refractivity contribution is 5.85. The van der Waals surface area contributed by atoms with Crippen molar-refractivity contribution in [1.82, 2.24) is 4.90 Å². The molecular weight excluding hydrogens is 382 g/mol. The van der Waals surface area contributed by atoms with E-state index in [2.05, 4.69) is 6.92 Å². The third-order valence-electron chi connectivity index (χ3n) is 6.85. The molecule has 1 aromatic heterocycles. The summed E-state index contributed by atoms with van der Waals surface area (Å²) in [5.74, 6) is 0.653. The van der Waals surface area contributed by atoms with Crippen molar-refractivity contribution in [2.24, 2.45) is 5.92 Å². The Morgan fingerprint density at radius 2 is 2.17 bits per heavy atom. The minimum Gasteiger partial charge on any atom is -0.483 e. The average molecular weight is 414 g/mol. The van der Waals surface area contributed by atoms with E-state index >= 15 is 0 Å². The van der Waals surface area contributed by atoms with E-state index in [4.69, 9.17) is 9.15 Å². The zero-order valence-electron chi connectivity index (χ0n) is 17.9. The van der Waals surface area contributed by atoms with Crippen molar-refractivity contribution < 1.29 is 19.1 Å². The summed E-state index contributed by atoms with van der Waals surface area (Å²) < 4.78 is 11.3. The molecule has 162 valence electrons. The second-order valence-corrected chi connectivity index (χ2v) is 8.83. The topological polar surface area (TPSA) is 80.0 Å². The average Bonchev–Trinajstić information content (AvgIpc) is 2.73. The first-order chi connectivity index (χ1) is 14.4. The summed E-state index contributed by atoms with van der Waals surface area (Å²) in [7, 11) is 0. The summed E-state index contributed by atoms with van der Waals surface area (Å²) in [6.45, 7) is 5.04. The molecular formula is C24H31NO5. The number of piperidine rings is 1. The van der Waals surface area contributed by atoms with E-state index in [1.54, 1.807) is 6.07 Å². The quantitative estimate of drug-likeness (QED) is 0.758. The fourth-order valence-corrected chi connectivity index (χ4v) is 5.07. The van der Waals surface area contributed by atoms with Gasteiger partial charge in [-0.3, -0.25) is 4.79 Å². The molecule has 2 aromatic rings. The van der Waals surface area contributed by atoms with Gasteiger partial charge in [-0.15, -0.1) is 0 Å². The van der Waals surface area contributed by atoms with Gasteiger partial charge in [-0.1, -0.05) is 26.2 Å². The second kappa shape index (κ2) is 8.42. The van der Waals surface area contributed by atoms with Gasteiger partial charge in [0.2, 0.25) is 0 Å². The van der Waals surface area contributed by atoms with Gasteiger partial charge < -0.3 is 19.2 Å². The molecule has 2 fully saturated rings. The number of rotatable bonds is 5. The van der Waals surface area contributed by atoms with Crippen LogP contribution in [0.5, 0.6) is 5.75 Å². The van der Waals surface area contributed by atoms with Crippen molar-refractivity contribution in [3.05, 3.63) is 39.7 Å². The van der Waals surface area contributed by atoms with Gasteiger partial charge in [0.15, 0.2) is 6.61 Å². The molecule has 6 heteroatoms. The lowest BCUT2D eigenvalue weighted by molar-refractivity contribution is -0.145. The van der Waals surface area contributed by atoms with Crippen LogP contribution in [-0.2, 0) is 11.2 Å². The van der Waals surface area contributed by atoms with Crippen LogP contribution in [0.2, 0.25) is 0 Å². The number of likely N-dealkylation sites (tertiary alicyclic amines) is 1. The van der Waals surface area contributed by atoms with Crippen LogP contribution >= 0.6 is 0 Å². The van der Waals surface area contributed by atoms with Gasteiger partial charge in [0.05, 0.1) is 5.60 Å². The van der Waals surface area contributed by atoms with Crippen molar-refractivity contribution in [3.8, 4) is 5.75 Å². The second-order valence-electron chi connectivity index (χ2n) is 8.83. The molecule has 2 aliphatic rings. The number of benzene rings is 1. The third kappa shape index (κ3) is 3.97. The number of aliphatic hydroxyl groups is 1. The molecule has 0 bridgehead atoms. The van der Waals surface area contributed by atoms with Gasteiger partial charge in [-0.25, -0.2) is 4.79 Å². The fraction of sp³-hybridized carbons (Fsp3) is 0.583. The first kappa shape index (κ1) is 20.9. The number of aryl methyl sites for hydroxylation is 2. The van der Waals surface area contributed by atoms with Gasteiger partial charge in [0.1, 0.15) is 11.3 Å². The van der Waals surface area contributed by atoms with E-state index in [1.807, 2.05) is 24.0 Å². The van der Waals surface area contributed by atoms with E-state index in [0.717, 1.165) is 55.0 Å². The maximum atomic E-state index is 12.8. The summed E-state index contributed by atoms with van der Waals surface area (Å²) >= 11 is 0. The molecule has 1 aromatic carbocycles. The highest BCUT2D eigenvalue weighted by Gasteiger charge is 2.43. The largest absolute Gasteiger partial charge is 0.483 e. The van der Waals surface area contributed by atoms with Crippen molar-refractivity contribution in [1.29, 1.82) is 0 Å². The fourth-order valence-electron chi connectivity index (χ4n) is 5.07. The van der Waals surface area contributed by atoms with Crippen LogP contribution in [0, 0.1) is 12.8 Å². The normalized spacial score (nSPS) is 24.0. The Hall–Kier alpha value is -2.34. The zero-order valence-corrected chi connectivity index (χ0v) is 17.9. The molecule has 1 aliphatic carbocycles. The minimum atomic E-state index is -0.599. The summed E-state index contributed by atoms with van der Waals surface area (Å²) in [6, 6.07) is 5.30. The molecule has 0 radical (unpaired) electrons. The predicted molar refractivity (Wildman–Crippen MR) is 115 cm³/mol. The van der Waals surface area contributed by atoms with Crippen LogP contribution in [0.1, 0.15) is 56.6 Å². The first-order valence-corrected chi connectivity index (χ1v) is 11.1. The van der Waals surface area contributed by atoms with E-state index < -0.39 is 5.60 Å². The number of carbonyl (C=O) groups is 1. The van der Waals surface area contributed by atoms with Crippen molar-refractivity contribution >= 4 is 16.9 Å².